The van der Waals surface area contributed by atoms with Crippen molar-refractivity contribution >= 4 is 0 Å². The van der Waals surface area contributed by atoms with Crippen molar-refractivity contribution in [2.45, 2.75) is 52.5 Å². The Morgan fingerprint density at radius 2 is 2.13 bits per heavy atom. The molecule has 1 N–H and O–H groups in total. The van der Waals surface area contributed by atoms with Gasteiger partial charge in [-0.3, -0.25) is 0 Å². The van der Waals surface area contributed by atoms with E-state index in [4.69, 9.17) is 0 Å². The summed E-state index contributed by atoms with van der Waals surface area (Å²) in [5.74, 6) is 0.796. The average Bonchev–Trinajstić information content (AvgIpc) is 2.25. The van der Waals surface area contributed by atoms with E-state index in [1.807, 2.05) is 0 Å². The van der Waals surface area contributed by atoms with Crippen molar-refractivity contribution in [2.75, 3.05) is 26.2 Å². The summed E-state index contributed by atoms with van der Waals surface area (Å²) in [5.41, 5.74) is 0. The van der Waals surface area contributed by atoms with Crippen molar-refractivity contribution in [2.24, 2.45) is 5.92 Å². The molecular formula is C13H28N2. The van der Waals surface area contributed by atoms with Crippen LogP contribution in [0.3, 0.4) is 0 Å². The van der Waals surface area contributed by atoms with Crippen molar-refractivity contribution in [3.05, 3.63) is 0 Å². The molecule has 0 saturated carbocycles. The summed E-state index contributed by atoms with van der Waals surface area (Å²) >= 11 is 0. The zero-order chi connectivity index (χ0) is 11.1. The molecule has 0 aromatic rings. The molecule has 1 aliphatic heterocycles. The number of piperidine rings is 1. The van der Waals surface area contributed by atoms with E-state index in [2.05, 4.69) is 31.0 Å². The number of nitrogens with one attached hydrogen (secondary N) is 1. The number of nitrogens with zero attached hydrogens (tertiary/aromatic N) is 1. The number of hydrogen-bond acceptors (Lipinski definition) is 2. The molecule has 15 heavy (non-hydrogen) atoms. The first-order chi connectivity index (χ1) is 7.22. The zero-order valence-electron chi connectivity index (χ0n) is 10.8. The molecule has 90 valence electrons. The molecule has 2 heteroatoms. The van der Waals surface area contributed by atoms with Gasteiger partial charge in [-0.15, -0.1) is 0 Å². The minimum Gasteiger partial charge on any atom is -0.314 e. The van der Waals surface area contributed by atoms with Gasteiger partial charge < -0.3 is 10.2 Å². The standard InChI is InChI=1S/C13H28N2/c1-4-15(11-12(2)3)10-8-13-7-5-6-9-14-13/h12-14H,4-11H2,1-3H3. The quantitative estimate of drug-likeness (QED) is 0.728. The minimum absolute atomic E-state index is 0.792. The normalized spacial score (nSPS) is 22.6. The maximum absolute atomic E-state index is 3.63. The van der Waals surface area contributed by atoms with Gasteiger partial charge in [0.15, 0.2) is 0 Å². The van der Waals surface area contributed by atoms with E-state index >= 15 is 0 Å². The minimum atomic E-state index is 0.792. The van der Waals surface area contributed by atoms with Crippen molar-refractivity contribution in [3.63, 3.8) is 0 Å². The lowest BCUT2D eigenvalue weighted by Gasteiger charge is -2.28. The van der Waals surface area contributed by atoms with Gasteiger partial charge in [-0.1, -0.05) is 27.2 Å². The Balaban J connectivity index is 2.14. The average molecular weight is 212 g/mol. The summed E-state index contributed by atoms with van der Waals surface area (Å²) in [6, 6.07) is 0.792. The first-order valence-corrected chi connectivity index (χ1v) is 6.68. The van der Waals surface area contributed by atoms with Crippen molar-refractivity contribution in [3.8, 4) is 0 Å². The second-order valence-electron chi connectivity index (χ2n) is 5.22. The fourth-order valence-corrected chi connectivity index (χ4v) is 2.40. The lowest BCUT2D eigenvalue weighted by Crippen LogP contribution is -2.38. The van der Waals surface area contributed by atoms with E-state index < -0.39 is 0 Å². The topological polar surface area (TPSA) is 15.3 Å². The van der Waals surface area contributed by atoms with Crippen molar-refractivity contribution in [1.29, 1.82) is 0 Å². The van der Waals surface area contributed by atoms with E-state index in [0.29, 0.717) is 0 Å². The summed E-state index contributed by atoms with van der Waals surface area (Å²) in [6.07, 6.45) is 5.52. The molecule has 1 heterocycles. The summed E-state index contributed by atoms with van der Waals surface area (Å²) in [4.78, 5) is 2.58. The van der Waals surface area contributed by atoms with Crippen LogP contribution in [0, 0.1) is 5.92 Å². The summed E-state index contributed by atoms with van der Waals surface area (Å²) in [6.45, 7) is 11.8. The Labute approximate surface area is 95.4 Å². The SMILES string of the molecule is CCN(CCC1CCCCN1)CC(C)C. The second-order valence-corrected chi connectivity index (χ2v) is 5.22. The third-order valence-electron chi connectivity index (χ3n) is 3.28. The Morgan fingerprint density at radius 1 is 1.33 bits per heavy atom. The zero-order valence-corrected chi connectivity index (χ0v) is 10.8. The summed E-state index contributed by atoms with van der Waals surface area (Å²) in [7, 11) is 0. The predicted molar refractivity (Wildman–Crippen MR) is 67.2 cm³/mol. The molecule has 0 spiro atoms. The second kappa shape index (κ2) is 7.24. The van der Waals surface area contributed by atoms with Gasteiger partial charge in [-0.2, -0.15) is 0 Å². The van der Waals surface area contributed by atoms with Gasteiger partial charge in [0.05, 0.1) is 0 Å². The molecule has 0 amide bonds. The van der Waals surface area contributed by atoms with Gasteiger partial charge in [-0.05, 0) is 44.8 Å². The number of rotatable bonds is 6. The highest BCUT2D eigenvalue weighted by Crippen LogP contribution is 2.11. The molecule has 0 bridgehead atoms. The molecule has 1 saturated heterocycles. The highest BCUT2D eigenvalue weighted by molar-refractivity contribution is 4.73. The molecule has 0 radical (unpaired) electrons. The van der Waals surface area contributed by atoms with Crippen LogP contribution in [0.4, 0.5) is 0 Å². The van der Waals surface area contributed by atoms with Gasteiger partial charge in [0, 0.05) is 12.6 Å². The Morgan fingerprint density at radius 3 is 2.67 bits per heavy atom. The summed E-state index contributed by atoms with van der Waals surface area (Å²) in [5, 5.41) is 3.63. The fraction of sp³-hybridized carbons (Fsp3) is 1.00. The molecule has 0 aromatic heterocycles. The van der Waals surface area contributed by atoms with Crippen LogP contribution in [0.25, 0.3) is 0 Å². The van der Waals surface area contributed by atoms with E-state index in [0.717, 1.165) is 12.0 Å². The highest BCUT2D eigenvalue weighted by atomic mass is 15.1. The number of hydrogen-bond donors (Lipinski definition) is 1. The largest absolute Gasteiger partial charge is 0.314 e. The molecule has 1 aliphatic rings. The van der Waals surface area contributed by atoms with E-state index in [9.17, 15) is 0 Å². The molecular weight excluding hydrogens is 184 g/mol. The lowest BCUT2D eigenvalue weighted by atomic mass is 10.0. The fourth-order valence-electron chi connectivity index (χ4n) is 2.40. The molecule has 0 aromatic carbocycles. The third kappa shape index (κ3) is 5.53. The Bertz CT molecular complexity index is 151. The maximum Gasteiger partial charge on any atom is 0.00792 e. The van der Waals surface area contributed by atoms with Gasteiger partial charge in [0.2, 0.25) is 0 Å². The van der Waals surface area contributed by atoms with Crippen LogP contribution in [0.2, 0.25) is 0 Å². The van der Waals surface area contributed by atoms with E-state index in [1.54, 1.807) is 0 Å². The van der Waals surface area contributed by atoms with Crippen LogP contribution in [0.5, 0.6) is 0 Å². The molecule has 1 unspecified atom stereocenters. The van der Waals surface area contributed by atoms with E-state index in [1.165, 1.54) is 51.9 Å². The Kier molecular flexibility index (Phi) is 6.26. The Hall–Kier alpha value is -0.0800. The van der Waals surface area contributed by atoms with Crippen LogP contribution in [0.15, 0.2) is 0 Å². The molecule has 1 fully saturated rings. The van der Waals surface area contributed by atoms with Gasteiger partial charge in [0.25, 0.3) is 0 Å². The summed E-state index contributed by atoms with van der Waals surface area (Å²) < 4.78 is 0. The van der Waals surface area contributed by atoms with Crippen molar-refractivity contribution < 1.29 is 0 Å². The first kappa shape index (κ1) is 13.0. The van der Waals surface area contributed by atoms with Crippen LogP contribution in [-0.2, 0) is 0 Å². The van der Waals surface area contributed by atoms with Gasteiger partial charge >= 0.3 is 0 Å². The van der Waals surface area contributed by atoms with Crippen LogP contribution < -0.4 is 5.32 Å². The van der Waals surface area contributed by atoms with Gasteiger partial charge in [0.1, 0.15) is 0 Å². The smallest absolute Gasteiger partial charge is 0.00792 e. The van der Waals surface area contributed by atoms with E-state index in [-0.39, 0.29) is 0 Å². The molecule has 1 atom stereocenters. The molecule has 1 rings (SSSR count). The third-order valence-corrected chi connectivity index (χ3v) is 3.28. The molecule has 0 aliphatic carbocycles. The monoisotopic (exact) mass is 212 g/mol. The molecule has 2 nitrogen and oxygen atoms in total. The predicted octanol–water partition coefficient (Wildman–Crippen LogP) is 2.50. The van der Waals surface area contributed by atoms with Crippen molar-refractivity contribution in [1.82, 2.24) is 10.2 Å². The lowest BCUT2D eigenvalue weighted by molar-refractivity contribution is 0.233. The first-order valence-electron chi connectivity index (χ1n) is 6.68. The maximum atomic E-state index is 3.63. The van der Waals surface area contributed by atoms with Crippen LogP contribution in [-0.4, -0.2) is 37.1 Å². The van der Waals surface area contributed by atoms with Gasteiger partial charge in [-0.25, -0.2) is 0 Å². The van der Waals surface area contributed by atoms with Crippen LogP contribution >= 0.6 is 0 Å². The van der Waals surface area contributed by atoms with Crippen LogP contribution in [0.1, 0.15) is 46.5 Å². The highest BCUT2D eigenvalue weighted by Gasteiger charge is 2.13.